The number of rotatable bonds is 5. The second kappa shape index (κ2) is 7.40. The molecule has 27 heavy (non-hydrogen) atoms. The molecule has 2 heterocycles. The summed E-state index contributed by atoms with van der Waals surface area (Å²) in [5, 5.41) is 14.1. The lowest BCUT2D eigenvalue weighted by Gasteiger charge is -2.11. The molecule has 2 aromatic heterocycles. The van der Waals surface area contributed by atoms with E-state index in [0.29, 0.717) is 17.0 Å². The third-order valence-corrected chi connectivity index (χ3v) is 4.04. The number of nitrogens with zero attached hydrogens (tertiary/aromatic N) is 3. The highest BCUT2D eigenvalue weighted by Crippen LogP contribution is 2.33. The Morgan fingerprint density at radius 3 is 2.56 bits per heavy atom. The first-order valence-electron chi connectivity index (χ1n) is 8.17. The van der Waals surface area contributed by atoms with Gasteiger partial charge in [0.1, 0.15) is 5.75 Å². The van der Waals surface area contributed by atoms with Gasteiger partial charge in [-0.2, -0.15) is 18.3 Å². The molecule has 3 rings (SSSR count). The molecule has 3 aromatic rings. The zero-order chi connectivity index (χ0) is 19.6. The number of benzene rings is 1. The predicted molar refractivity (Wildman–Crippen MR) is 92.8 cm³/mol. The van der Waals surface area contributed by atoms with Gasteiger partial charge >= 0.3 is 6.18 Å². The lowest BCUT2D eigenvalue weighted by molar-refractivity contribution is -0.137. The Hall–Kier alpha value is -2.87. The zero-order valence-electron chi connectivity index (χ0n) is 14.8. The van der Waals surface area contributed by atoms with Crippen molar-refractivity contribution < 1.29 is 23.0 Å². The fraction of sp³-hybridized carbons (Fsp3) is 0.263. The van der Waals surface area contributed by atoms with Gasteiger partial charge in [0.05, 0.1) is 36.4 Å². The monoisotopic (exact) mass is 377 g/mol. The van der Waals surface area contributed by atoms with Crippen LogP contribution in [-0.4, -0.2) is 27.0 Å². The van der Waals surface area contributed by atoms with Crippen LogP contribution in [0.4, 0.5) is 13.2 Å². The topological polar surface area (TPSA) is 60.2 Å². The summed E-state index contributed by atoms with van der Waals surface area (Å²) >= 11 is 0. The standard InChI is InChI=1S/C19H18F3N3O2/c1-12-5-16(3-4-23-12)25-17(11-26)10-15(24-25)7-13-6-14(19(20,21)22)9-18(8-13)27-2/h3-6,8-10,26H,7,11H2,1-2H3. The van der Waals surface area contributed by atoms with E-state index in [-0.39, 0.29) is 18.8 Å². The van der Waals surface area contributed by atoms with Gasteiger partial charge in [0.25, 0.3) is 0 Å². The summed E-state index contributed by atoms with van der Waals surface area (Å²) < 4.78 is 45.8. The maximum atomic E-state index is 13.1. The highest BCUT2D eigenvalue weighted by Gasteiger charge is 2.31. The summed E-state index contributed by atoms with van der Waals surface area (Å²) in [4.78, 5) is 4.12. The summed E-state index contributed by atoms with van der Waals surface area (Å²) in [5.41, 5.74) is 2.23. The molecule has 0 saturated heterocycles. The molecular weight excluding hydrogens is 359 g/mol. The third kappa shape index (κ3) is 4.28. The van der Waals surface area contributed by atoms with Crippen LogP contribution in [0.15, 0.2) is 42.6 Å². The number of ether oxygens (including phenoxy) is 1. The van der Waals surface area contributed by atoms with Gasteiger partial charge < -0.3 is 9.84 Å². The van der Waals surface area contributed by atoms with E-state index in [1.54, 1.807) is 29.1 Å². The quantitative estimate of drug-likeness (QED) is 0.737. The van der Waals surface area contributed by atoms with Gasteiger partial charge in [-0.3, -0.25) is 4.98 Å². The zero-order valence-corrected chi connectivity index (χ0v) is 14.8. The highest BCUT2D eigenvalue weighted by molar-refractivity contribution is 5.39. The molecule has 0 amide bonds. The van der Waals surface area contributed by atoms with Crippen molar-refractivity contribution in [2.75, 3.05) is 7.11 Å². The van der Waals surface area contributed by atoms with Gasteiger partial charge in [-0.15, -0.1) is 0 Å². The van der Waals surface area contributed by atoms with Crippen molar-refractivity contribution in [1.82, 2.24) is 14.8 Å². The summed E-state index contributed by atoms with van der Waals surface area (Å²) in [6.45, 7) is 1.59. The molecule has 0 aliphatic rings. The van der Waals surface area contributed by atoms with Crippen LogP contribution >= 0.6 is 0 Å². The van der Waals surface area contributed by atoms with E-state index >= 15 is 0 Å². The van der Waals surface area contributed by atoms with Gasteiger partial charge in [-0.1, -0.05) is 0 Å². The number of aliphatic hydroxyl groups is 1. The molecular formula is C19H18F3N3O2. The molecule has 5 nitrogen and oxygen atoms in total. The van der Waals surface area contributed by atoms with Crippen LogP contribution in [0.3, 0.4) is 0 Å². The molecule has 1 N–H and O–H groups in total. The van der Waals surface area contributed by atoms with Gasteiger partial charge in [-0.25, -0.2) is 4.68 Å². The van der Waals surface area contributed by atoms with Crippen LogP contribution in [0.2, 0.25) is 0 Å². The van der Waals surface area contributed by atoms with Crippen LogP contribution in [-0.2, 0) is 19.2 Å². The molecule has 0 spiro atoms. The van der Waals surface area contributed by atoms with Crippen molar-refractivity contribution in [3.05, 3.63) is 70.8 Å². The minimum Gasteiger partial charge on any atom is -0.497 e. The van der Waals surface area contributed by atoms with Crippen molar-refractivity contribution in [3.8, 4) is 11.4 Å². The maximum absolute atomic E-state index is 13.1. The Kier molecular flexibility index (Phi) is 5.18. The third-order valence-electron chi connectivity index (χ3n) is 4.04. The summed E-state index contributed by atoms with van der Waals surface area (Å²) in [5.74, 6) is 0.131. The Morgan fingerprint density at radius 2 is 1.93 bits per heavy atom. The van der Waals surface area contributed by atoms with Crippen molar-refractivity contribution >= 4 is 0 Å². The van der Waals surface area contributed by atoms with Crippen LogP contribution in [0.1, 0.15) is 28.2 Å². The van der Waals surface area contributed by atoms with E-state index in [1.165, 1.54) is 7.11 Å². The van der Waals surface area contributed by atoms with Crippen molar-refractivity contribution in [1.29, 1.82) is 0 Å². The number of aryl methyl sites for hydroxylation is 1. The number of pyridine rings is 1. The molecule has 1 aromatic carbocycles. The molecule has 0 unspecified atom stereocenters. The Bertz CT molecular complexity index is 952. The molecule has 0 saturated carbocycles. The number of methoxy groups -OCH3 is 1. The van der Waals surface area contributed by atoms with E-state index < -0.39 is 11.7 Å². The van der Waals surface area contributed by atoms with E-state index in [1.807, 2.05) is 13.0 Å². The lowest BCUT2D eigenvalue weighted by atomic mass is 10.1. The predicted octanol–water partition coefficient (Wildman–Crippen LogP) is 3.69. The van der Waals surface area contributed by atoms with Crippen LogP contribution in [0.5, 0.6) is 5.75 Å². The Balaban J connectivity index is 1.97. The number of hydrogen-bond acceptors (Lipinski definition) is 4. The molecule has 0 aliphatic carbocycles. The molecule has 0 radical (unpaired) electrons. The summed E-state index contributed by atoms with van der Waals surface area (Å²) in [6, 6.07) is 8.81. The molecule has 0 aliphatic heterocycles. The Morgan fingerprint density at radius 1 is 1.15 bits per heavy atom. The SMILES string of the molecule is COc1cc(Cc2cc(CO)n(-c3ccnc(C)c3)n2)cc(C(F)(F)F)c1. The molecule has 0 fully saturated rings. The van der Waals surface area contributed by atoms with E-state index in [9.17, 15) is 18.3 Å². The van der Waals surface area contributed by atoms with Crippen LogP contribution in [0, 0.1) is 6.92 Å². The fourth-order valence-electron chi connectivity index (χ4n) is 2.81. The second-order valence-electron chi connectivity index (χ2n) is 6.10. The van der Waals surface area contributed by atoms with Gasteiger partial charge in [-0.05, 0) is 48.9 Å². The number of hydrogen-bond donors (Lipinski definition) is 1. The van der Waals surface area contributed by atoms with Gasteiger partial charge in [0.15, 0.2) is 0 Å². The molecule has 8 heteroatoms. The average molecular weight is 377 g/mol. The molecule has 0 atom stereocenters. The first kappa shape index (κ1) is 18.9. The number of alkyl halides is 3. The van der Waals surface area contributed by atoms with Crippen molar-refractivity contribution in [2.45, 2.75) is 26.1 Å². The first-order valence-corrected chi connectivity index (χ1v) is 8.17. The summed E-state index contributed by atoms with van der Waals surface area (Å²) in [7, 11) is 1.32. The number of aromatic nitrogens is 3. The van der Waals surface area contributed by atoms with Gasteiger partial charge in [0.2, 0.25) is 0 Å². The Labute approximate surface area is 154 Å². The summed E-state index contributed by atoms with van der Waals surface area (Å²) in [6.07, 6.45) is -2.66. The average Bonchev–Trinajstić information content (AvgIpc) is 3.03. The first-order chi connectivity index (χ1) is 12.8. The van der Waals surface area contributed by atoms with Crippen molar-refractivity contribution in [3.63, 3.8) is 0 Å². The number of aliphatic hydroxyl groups excluding tert-OH is 1. The normalized spacial score (nSPS) is 11.6. The minimum absolute atomic E-state index is 0.131. The van der Waals surface area contributed by atoms with E-state index in [4.69, 9.17) is 4.74 Å². The smallest absolute Gasteiger partial charge is 0.416 e. The van der Waals surface area contributed by atoms with E-state index in [0.717, 1.165) is 23.5 Å². The number of halogens is 3. The largest absolute Gasteiger partial charge is 0.497 e. The van der Waals surface area contributed by atoms with Crippen LogP contribution in [0.25, 0.3) is 5.69 Å². The minimum atomic E-state index is -4.46. The molecule has 142 valence electrons. The van der Waals surface area contributed by atoms with Crippen LogP contribution < -0.4 is 4.74 Å². The fourth-order valence-corrected chi connectivity index (χ4v) is 2.81. The van der Waals surface area contributed by atoms with Gasteiger partial charge in [0, 0.05) is 18.3 Å². The maximum Gasteiger partial charge on any atom is 0.416 e. The lowest BCUT2D eigenvalue weighted by Crippen LogP contribution is -2.06. The highest BCUT2D eigenvalue weighted by atomic mass is 19.4. The van der Waals surface area contributed by atoms with Crippen molar-refractivity contribution in [2.24, 2.45) is 0 Å². The van der Waals surface area contributed by atoms with E-state index in [2.05, 4.69) is 10.1 Å². The molecule has 0 bridgehead atoms. The second-order valence-corrected chi connectivity index (χ2v) is 6.10.